The van der Waals surface area contributed by atoms with Crippen molar-refractivity contribution in [2.75, 3.05) is 20.1 Å². The van der Waals surface area contributed by atoms with Gasteiger partial charge in [-0.3, -0.25) is 14.9 Å². The fourth-order valence-corrected chi connectivity index (χ4v) is 2.69. The summed E-state index contributed by atoms with van der Waals surface area (Å²) >= 11 is 0. The fourth-order valence-electron chi connectivity index (χ4n) is 2.69. The number of rotatable bonds is 1. The molecule has 84 valence electrons. The van der Waals surface area contributed by atoms with Crippen LogP contribution in [0.1, 0.15) is 25.7 Å². The zero-order chi connectivity index (χ0) is 10.8. The third-order valence-corrected chi connectivity index (χ3v) is 3.51. The summed E-state index contributed by atoms with van der Waals surface area (Å²) in [5, 5.41) is 2.45. The smallest absolute Gasteiger partial charge is 0.230 e. The van der Waals surface area contributed by atoms with Gasteiger partial charge in [-0.15, -0.1) is 0 Å². The highest BCUT2D eigenvalue weighted by Crippen LogP contribution is 2.28. The van der Waals surface area contributed by atoms with Crippen molar-refractivity contribution in [1.29, 1.82) is 0 Å². The van der Waals surface area contributed by atoms with Gasteiger partial charge in [-0.1, -0.05) is 0 Å². The standard InChI is InChI=1S/C11H18N2O2/c1-13-6-2-3-8(7-13)9-4-5-10(14)12-11(9)15/h8-9H,2-7H2,1H3,(H,12,14,15). The number of nitrogens with zero attached hydrogens (tertiary/aromatic N) is 1. The molecule has 2 fully saturated rings. The first-order chi connectivity index (χ1) is 7.16. The van der Waals surface area contributed by atoms with Crippen LogP contribution in [0.2, 0.25) is 0 Å². The van der Waals surface area contributed by atoms with E-state index in [0.717, 1.165) is 25.9 Å². The van der Waals surface area contributed by atoms with Crippen molar-refractivity contribution in [2.24, 2.45) is 11.8 Å². The topological polar surface area (TPSA) is 49.4 Å². The molecule has 0 aromatic heterocycles. The largest absolute Gasteiger partial charge is 0.306 e. The van der Waals surface area contributed by atoms with Crippen LogP contribution in [0.15, 0.2) is 0 Å². The third-order valence-electron chi connectivity index (χ3n) is 3.51. The van der Waals surface area contributed by atoms with E-state index in [1.54, 1.807) is 0 Å². The molecule has 0 saturated carbocycles. The normalized spacial score (nSPS) is 33.9. The maximum absolute atomic E-state index is 11.7. The molecular formula is C11H18N2O2. The lowest BCUT2D eigenvalue weighted by Gasteiger charge is -2.35. The number of carbonyl (C=O) groups is 2. The predicted octanol–water partition coefficient (Wildman–Crippen LogP) is 0.381. The summed E-state index contributed by atoms with van der Waals surface area (Å²) in [6.45, 7) is 2.12. The summed E-state index contributed by atoms with van der Waals surface area (Å²) in [6, 6.07) is 0. The summed E-state index contributed by atoms with van der Waals surface area (Å²) in [6.07, 6.45) is 3.54. The number of nitrogens with one attached hydrogen (secondary N) is 1. The second-order valence-electron chi connectivity index (χ2n) is 4.72. The van der Waals surface area contributed by atoms with E-state index >= 15 is 0 Å². The van der Waals surface area contributed by atoms with Gasteiger partial charge < -0.3 is 4.90 Å². The van der Waals surface area contributed by atoms with Crippen molar-refractivity contribution in [3.8, 4) is 0 Å². The van der Waals surface area contributed by atoms with Gasteiger partial charge in [0.25, 0.3) is 0 Å². The van der Waals surface area contributed by atoms with E-state index in [1.165, 1.54) is 6.42 Å². The molecule has 2 atom stereocenters. The Morgan fingerprint density at radius 3 is 2.80 bits per heavy atom. The molecule has 2 aliphatic rings. The maximum Gasteiger partial charge on any atom is 0.230 e. The fraction of sp³-hybridized carbons (Fsp3) is 0.818. The van der Waals surface area contributed by atoms with Crippen molar-refractivity contribution >= 4 is 11.8 Å². The first-order valence-electron chi connectivity index (χ1n) is 5.69. The Labute approximate surface area is 90.0 Å². The van der Waals surface area contributed by atoms with E-state index < -0.39 is 0 Å². The van der Waals surface area contributed by atoms with Crippen LogP contribution < -0.4 is 5.32 Å². The Balaban J connectivity index is 1.97. The number of imide groups is 1. The minimum atomic E-state index is -0.111. The van der Waals surface area contributed by atoms with Gasteiger partial charge in [0, 0.05) is 18.9 Å². The van der Waals surface area contributed by atoms with Gasteiger partial charge in [-0.25, -0.2) is 0 Å². The number of amides is 2. The molecule has 0 aliphatic carbocycles. The van der Waals surface area contributed by atoms with Crippen LogP contribution in [-0.2, 0) is 9.59 Å². The summed E-state index contributed by atoms with van der Waals surface area (Å²) in [7, 11) is 2.10. The molecular weight excluding hydrogens is 192 g/mol. The highest BCUT2D eigenvalue weighted by atomic mass is 16.2. The number of carbonyl (C=O) groups excluding carboxylic acids is 2. The van der Waals surface area contributed by atoms with Crippen molar-refractivity contribution in [2.45, 2.75) is 25.7 Å². The van der Waals surface area contributed by atoms with Gasteiger partial charge in [0.15, 0.2) is 0 Å². The highest BCUT2D eigenvalue weighted by molar-refractivity contribution is 5.98. The molecule has 2 unspecified atom stereocenters. The van der Waals surface area contributed by atoms with E-state index in [1.807, 2.05) is 0 Å². The lowest BCUT2D eigenvalue weighted by atomic mass is 9.80. The molecule has 2 rings (SSSR count). The zero-order valence-electron chi connectivity index (χ0n) is 9.16. The van der Waals surface area contributed by atoms with Crippen LogP contribution in [-0.4, -0.2) is 36.9 Å². The monoisotopic (exact) mass is 210 g/mol. The molecule has 1 N–H and O–H groups in total. The minimum absolute atomic E-state index is 0.0495. The molecule has 0 aromatic carbocycles. The Bertz CT molecular complexity index is 278. The SMILES string of the molecule is CN1CCCC(C2CCC(=O)NC2=O)C1. The molecule has 0 bridgehead atoms. The van der Waals surface area contributed by atoms with Gasteiger partial charge in [0.2, 0.25) is 11.8 Å². The number of piperidine rings is 2. The average molecular weight is 210 g/mol. The molecule has 0 spiro atoms. The van der Waals surface area contributed by atoms with Crippen molar-refractivity contribution < 1.29 is 9.59 Å². The molecule has 15 heavy (non-hydrogen) atoms. The summed E-state index contributed by atoms with van der Waals surface area (Å²) in [4.78, 5) is 25.0. The van der Waals surface area contributed by atoms with E-state index in [2.05, 4.69) is 17.3 Å². The Hall–Kier alpha value is -0.900. The molecule has 2 saturated heterocycles. The van der Waals surface area contributed by atoms with Crippen molar-refractivity contribution in [3.05, 3.63) is 0 Å². The van der Waals surface area contributed by atoms with Gasteiger partial charge in [0.1, 0.15) is 0 Å². The van der Waals surface area contributed by atoms with Crippen LogP contribution in [0.25, 0.3) is 0 Å². The Morgan fingerprint density at radius 1 is 1.33 bits per heavy atom. The van der Waals surface area contributed by atoms with Gasteiger partial charge in [0.05, 0.1) is 0 Å². The number of hydrogen-bond donors (Lipinski definition) is 1. The number of hydrogen-bond acceptors (Lipinski definition) is 3. The molecule has 0 radical (unpaired) electrons. The third kappa shape index (κ3) is 2.37. The summed E-state index contributed by atoms with van der Waals surface area (Å²) in [5.74, 6) is 0.342. The second kappa shape index (κ2) is 4.31. The summed E-state index contributed by atoms with van der Waals surface area (Å²) in [5.41, 5.74) is 0. The number of likely N-dealkylation sites (tertiary alicyclic amines) is 1. The molecule has 0 aromatic rings. The average Bonchev–Trinajstić information content (AvgIpc) is 2.17. The lowest BCUT2D eigenvalue weighted by molar-refractivity contribution is -0.138. The van der Waals surface area contributed by atoms with Gasteiger partial charge in [-0.05, 0) is 38.8 Å². The highest BCUT2D eigenvalue weighted by Gasteiger charge is 2.34. The van der Waals surface area contributed by atoms with E-state index in [9.17, 15) is 9.59 Å². The van der Waals surface area contributed by atoms with E-state index in [0.29, 0.717) is 12.3 Å². The van der Waals surface area contributed by atoms with Crippen molar-refractivity contribution in [1.82, 2.24) is 10.2 Å². The zero-order valence-corrected chi connectivity index (χ0v) is 9.16. The van der Waals surface area contributed by atoms with E-state index in [4.69, 9.17) is 0 Å². The van der Waals surface area contributed by atoms with Crippen LogP contribution in [0, 0.1) is 11.8 Å². The first kappa shape index (κ1) is 10.6. The Morgan fingerprint density at radius 2 is 2.13 bits per heavy atom. The lowest BCUT2D eigenvalue weighted by Crippen LogP contribution is -2.47. The summed E-state index contributed by atoms with van der Waals surface area (Å²) < 4.78 is 0. The first-order valence-corrected chi connectivity index (χ1v) is 5.69. The van der Waals surface area contributed by atoms with Crippen LogP contribution in [0.5, 0.6) is 0 Å². The van der Waals surface area contributed by atoms with Crippen molar-refractivity contribution in [3.63, 3.8) is 0 Å². The molecule has 2 amide bonds. The predicted molar refractivity (Wildman–Crippen MR) is 56.1 cm³/mol. The maximum atomic E-state index is 11.7. The van der Waals surface area contributed by atoms with Gasteiger partial charge in [-0.2, -0.15) is 0 Å². The van der Waals surface area contributed by atoms with Crippen LogP contribution in [0.4, 0.5) is 0 Å². The molecule has 4 nitrogen and oxygen atoms in total. The second-order valence-corrected chi connectivity index (χ2v) is 4.72. The Kier molecular flexibility index (Phi) is 3.05. The minimum Gasteiger partial charge on any atom is -0.306 e. The van der Waals surface area contributed by atoms with Gasteiger partial charge >= 0.3 is 0 Å². The van der Waals surface area contributed by atoms with E-state index in [-0.39, 0.29) is 17.7 Å². The molecule has 2 aliphatic heterocycles. The molecule has 2 heterocycles. The van der Waals surface area contributed by atoms with Crippen LogP contribution in [0.3, 0.4) is 0 Å². The van der Waals surface area contributed by atoms with Crippen LogP contribution >= 0.6 is 0 Å². The molecule has 4 heteroatoms. The quantitative estimate of drug-likeness (QED) is 0.637.